The Morgan fingerprint density at radius 3 is 2.54 bits per heavy atom. The number of aliphatic hydroxyl groups is 1. The van der Waals surface area contributed by atoms with Crippen LogP contribution in [0, 0.1) is 12.5 Å². The Labute approximate surface area is 163 Å². The summed E-state index contributed by atoms with van der Waals surface area (Å²) in [5, 5.41) is 20.1. The van der Waals surface area contributed by atoms with Crippen molar-refractivity contribution in [3.05, 3.63) is 71.1 Å². The zero-order valence-corrected chi connectivity index (χ0v) is 15.8. The van der Waals surface area contributed by atoms with Gasteiger partial charge in [0.05, 0.1) is 6.10 Å². The number of rotatable bonds is 6. The molecule has 0 saturated heterocycles. The van der Waals surface area contributed by atoms with E-state index >= 15 is 0 Å². The Bertz CT molecular complexity index is 967. The molecular weight excluding hydrogens is 382 g/mol. The highest BCUT2D eigenvalue weighted by Gasteiger charge is 2.47. The van der Waals surface area contributed by atoms with Gasteiger partial charge in [-0.2, -0.15) is 8.42 Å². The lowest BCUT2D eigenvalue weighted by atomic mass is 9.82. The van der Waals surface area contributed by atoms with Crippen LogP contribution < -0.4 is 4.74 Å². The average molecular weight is 403 g/mol. The van der Waals surface area contributed by atoms with Crippen molar-refractivity contribution in [2.24, 2.45) is 5.92 Å². The van der Waals surface area contributed by atoms with Crippen molar-refractivity contribution in [3.63, 3.8) is 0 Å². The van der Waals surface area contributed by atoms with Gasteiger partial charge >= 0.3 is 10.1 Å². The molecule has 148 valence electrons. The normalized spacial score (nSPS) is 24.6. The summed E-state index contributed by atoms with van der Waals surface area (Å²) in [6, 6.07) is 13.1. The number of hydrogen-bond donors (Lipinski definition) is 3. The molecule has 0 radical (unpaired) electrons. The largest absolute Gasteiger partial charge is 0.508 e. The minimum atomic E-state index is -4.24. The van der Waals surface area contributed by atoms with Crippen molar-refractivity contribution >= 4 is 10.1 Å². The highest BCUT2D eigenvalue weighted by molar-refractivity contribution is 7.85. The van der Waals surface area contributed by atoms with Gasteiger partial charge in [0.15, 0.2) is 0 Å². The van der Waals surface area contributed by atoms with Gasteiger partial charge in [-0.05, 0) is 41.8 Å². The maximum absolute atomic E-state index is 10.9. The summed E-state index contributed by atoms with van der Waals surface area (Å²) in [4.78, 5) is 3.70. The number of phenolic OH excluding ortho intramolecular Hbond substituents is 1. The number of aliphatic hydroxyl groups excluding tert-OH is 1. The van der Waals surface area contributed by atoms with E-state index in [1.807, 2.05) is 6.07 Å². The fraction of sp³-hybridized carbons (Fsp3) is 0.350. The van der Waals surface area contributed by atoms with Gasteiger partial charge < -0.3 is 19.8 Å². The van der Waals surface area contributed by atoms with Crippen molar-refractivity contribution in [1.29, 1.82) is 0 Å². The molecule has 2 aromatic rings. The number of phenols is 1. The van der Waals surface area contributed by atoms with Crippen LogP contribution in [0.1, 0.15) is 23.5 Å². The van der Waals surface area contributed by atoms with Crippen molar-refractivity contribution in [1.82, 2.24) is 0 Å². The summed E-state index contributed by atoms with van der Waals surface area (Å²) >= 11 is 0. The Balaban J connectivity index is 1.83. The molecule has 1 fully saturated rings. The van der Waals surface area contributed by atoms with Crippen LogP contribution in [0.4, 0.5) is 0 Å². The van der Waals surface area contributed by atoms with Crippen LogP contribution >= 0.6 is 0 Å². The number of nitrogens with zero attached hydrogens (tertiary/aromatic N) is 1. The lowest BCUT2D eigenvalue weighted by molar-refractivity contribution is 0.154. The molecular formula is C20H21NO6S. The zero-order valence-electron chi connectivity index (χ0n) is 15.0. The first-order chi connectivity index (χ1) is 13.3. The average Bonchev–Trinajstić information content (AvgIpc) is 2.96. The Hall–Kier alpha value is -2.60. The van der Waals surface area contributed by atoms with Gasteiger partial charge in [0.25, 0.3) is 0 Å². The maximum atomic E-state index is 10.9. The van der Waals surface area contributed by atoms with E-state index in [4.69, 9.17) is 15.9 Å². The number of hydrogen-bond acceptors (Lipinski definition) is 5. The molecule has 2 aromatic carbocycles. The van der Waals surface area contributed by atoms with Crippen LogP contribution in [-0.2, 0) is 16.5 Å². The summed E-state index contributed by atoms with van der Waals surface area (Å²) in [6.07, 6.45) is 0.213. The van der Waals surface area contributed by atoms with Crippen molar-refractivity contribution in [2.75, 3.05) is 5.94 Å². The molecule has 0 aliphatic heterocycles. The fourth-order valence-electron chi connectivity index (χ4n) is 3.85. The Morgan fingerprint density at radius 1 is 1.18 bits per heavy atom. The quantitative estimate of drug-likeness (QED) is 0.505. The van der Waals surface area contributed by atoms with Gasteiger partial charge in [0, 0.05) is 18.3 Å². The van der Waals surface area contributed by atoms with E-state index in [9.17, 15) is 18.6 Å². The first kappa shape index (κ1) is 20.1. The zero-order chi connectivity index (χ0) is 20.3. The van der Waals surface area contributed by atoms with Crippen molar-refractivity contribution in [3.8, 4) is 11.5 Å². The fourth-order valence-corrected chi connectivity index (χ4v) is 4.13. The van der Waals surface area contributed by atoms with Gasteiger partial charge in [-0.25, -0.2) is 6.57 Å². The molecule has 1 aliphatic carbocycles. The maximum Gasteiger partial charge on any atom is 0.300 e. The first-order valence-corrected chi connectivity index (χ1v) is 10.4. The molecule has 4 atom stereocenters. The molecule has 1 aliphatic rings. The molecule has 3 N–H and O–H groups in total. The van der Waals surface area contributed by atoms with Gasteiger partial charge in [-0.15, -0.1) is 0 Å². The molecule has 0 aromatic heterocycles. The predicted octanol–water partition coefficient (Wildman–Crippen LogP) is 2.61. The van der Waals surface area contributed by atoms with E-state index in [1.165, 1.54) is 0 Å². The van der Waals surface area contributed by atoms with Crippen LogP contribution in [0.5, 0.6) is 11.5 Å². The Morgan fingerprint density at radius 2 is 1.89 bits per heavy atom. The molecule has 1 saturated carbocycles. The highest BCUT2D eigenvalue weighted by Crippen LogP contribution is 2.44. The lowest BCUT2D eigenvalue weighted by Gasteiger charge is -2.22. The summed E-state index contributed by atoms with van der Waals surface area (Å²) in [6.45, 7) is 7.50. The molecule has 7 nitrogen and oxygen atoms in total. The molecule has 0 bridgehead atoms. The molecule has 28 heavy (non-hydrogen) atoms. The van der Waals surface area contributed by atoms with E-state index in [0.717, 1.165) is 11.1 Å². The smallest absolute Gasteiger partial charge is 0.300 e. The van der Waals surface area contributed by atoms with Crippen molar-refractivity contribution in [2.45, 2.75) is 30.9 Å². The molecule has 0 heterocycles. The third-order valence-electron chi connectivity index (χ3n) is 5.04. The minimum absolute atomic E-state index is 0.137. The molecule has 8 heteroatoms. The monoisotopic (exact) mass is 403 g/mol. The summed E-state index contributed by atoms with van der Waals surface area (Å²) in [5.41, 5.74) is 1.70. The van der Waals surface area contributed by atoms with Gasteiger partial charge in [0.2, 0.25) is 12.0 Å². The van der Waals surface area contributed by atoms with Crippen LogP contribution in [0.15, 0.2) is 48.5 Å². The van der Waals surface area contributed by atoms with Crippen LogP contribution in [-0.4, -0.2) is 41.3 Å². The third-order valence-corrected chi connectivity index (χ3v) is 5.46. The topological polar surface area (TPSA) is 108 Å². The number of aromatic hydroxyl groups is 1. The summed E-state index contributed by atoms with van der Waals surface area (Å²) < 4.78 is 35.6. The van der Waals surface area contributed by atoms with E-state index in [2.05, 4.69) is 4.85 Å². The molecule has 0 amide bonds. The number of benzene rings is 2. The molecule has 0 spiro atoms. The number of ether oxygens (including phenoxy) is 1. The molecule has 2 unspecified atom stereocenters. The summed E-state index contributed by atoms with van der Waals surface area (Å²) in [7, 11) is -4.24. The van der Waals surface area contributed by atoms with Gasteiger partial charge in [-0.3, -0.25) is 4.55 Å². The van der Waals surface area contributed by atoms with E-state index in [0.29, 0.717) is 18.6 Å². The van der Waals surface area contributed by atoms with E-state index in [1.54, 1.807) is 42.5 Å². The second-order valence-corrected chi connectivity index (χ2v) is 8.38. The van der Waals surface area contributed by atoms with Gasteiger partial charge in [0.1, 0.15) is 11.5 Å². The van der Waals surface area contributed by atoms with Crippen LogP contribution in [0.3, 0.4) is 0 Å². The van der Waals surface area contributed by atoms with E-state index < -0.39 is 22.2 Å². The second kappa shape index (κ2) is 8.19. The Kier molecular flexibility index (Phi) is 5.89. The minimum Gasteiger partial charge on any atom is -0.508 e. The van der Waals surface area contributed by atoms with E-state index in [-0.39, 0.29) is 23.6 Å². The summed E-state index contributed by atoms with van der Waals surface area (Å²) in [5.74, 6) is -0.789. The lowest BCUT2D eigenvalue weighted by Crippen LogP contribution is -2.21. The van der Waals surface area contributed by atoms with Gasteiger partial charge in [-0.1, -0.05) is 24.3 Å². The van der Waals surface area contributed by atoms with Crippen molar-refractivity contribution < 1.29 is 27.9 Å². The third kappa shape index (κ3) is 4.81. The van der Waals surface area contributed by atoms with Crippen LogP contribution in [0.2, 0.25) is 0 Å². The predicted molar refractivity (Wildman–Crippen MR) is 103 cm³/mol. The SMILES string of the molecule is [C-]#[N+][C@@H]1C[C@@H](O)C(c2ccc(O)cc2)C1Cc1cccc(OCS(=O)(=O)O)c1. The highest BCUT2D eigenvalue weighted by atomic mass is 32.2. The van der Waals surface area contributed by atoms with Crippen LogP contribution in [0.25, 0.3) is 4.85 Å². The molecule has 3 rings (SSSR count). The first-order valence-electron chi connectivity index (χ1n) is 8.77. The standard InChI is InChI=1S/C20H21NO6S/c1-21-18-11-19(23)20(14-5-7-15(22)8-6-14)17(18)10-13-3-2-4-16(9-13)27-12-28(24,25)26/h2-9,17-20,22-23H,10-12H2,(H,24,25,26)/t17?,18-,19-,20?/m1/s1. The second-order valence-electron chi connectivity index (χ2n) is 6.98.